The van der Waals surface area contributed by atoms with Crippen molar-refractivity contribution in [2.45, 2.75) is 20.8 Å². The van der Waals surface area contributed by atoms with Crippen LogP contribution in [0.3, 0.4) is 0 Å². The second kappa shape index (κ2) is 11.1. The Bertz CT molecular complexity index is 1110. The average Bonchev–Trinajstić information content (AvgIpc) is 3.15. The number of benzene rings is 1. The van der Waals surface area contributed by atoms with E-state index in [1.807, 2.05) is 4.90 Å². The molecule has 0 saturated carbocycles. The van der Waals surface area contributed by atoms with Crippen LogP contribution in [0, 0.1) is 17.0 Å². The Kier molecular flexibility index (Phi) is 8.18. The number of nitrogens with zero attached hydrogens (tertiary/aromatic N) is 2. The van der Waals surface area contributed by atoms with Crippen molar-refractivity contribution < 1.29 is 33.5 Å². The lowest BCUT2D eigenvalue weighted by molar-refractivity contribution is -0.384. The number of ether oxygens (including phenoxy) is 3. The van der Waals surface area contributed by atoms with Gasteiger partial charge in [0.1, 0.15) is 9.88 Å². The molecule has 1 amide bonds. The second-order valence-corrected chi connectivity index (χ2v) is 8.23. The van der Waals surface area contributed by atoms with Gasteiger partial charge in [-0.25, -0.2) is 9.59 Å². The van der Waals surface area contributed by atoms with E-state index in [2.05, 4.69) is 5.32 Å². The monoisotopic (exact) mass is 491 g/mol. The standard InChI is InChI=1S/C22H25N3O8S/c1-4-32-21(27)17-13(3)18(22(28)33-5-2)34-20(17)23-19(26)15-12-14(25(29)30)6-7-16(15)24-8-10-31-11-9-24/h6-7,12H,4-5,8-11H2,1-3H3,(H,23,26). The van der Waals surface area contributed by atoms with Gasteiger partial charge in [-0.15, -0.1) is 11.3 Å². The molecule has 11 nitrogen and oxygen atoms in total. The molecule has 1 N–H and O–H groups in total. The quantitative estimate of drug-likeness (QED) is 0.334. The molecule has 1 aromatic heterocycles. The molecule has 0 aliphatic carbocycles. The maximum atomic E-state index is 13.3. The van der Waals surface area contributed by atoms with Crippen molar-refractivity contribution in [3.05, 3.63) is 49.9 Å². The van der Waals surface area contributed by atoms with Crippen molar-refractivity contribution in [3.8, 4) is 0 Å². The van der Waals surface area contributed by atoms with Crippen LogP contribution in [0.25, 0.3) is 0 Å². The maximum absolute atomic E-state index is 13.3. The van der Waals surface area contributed by atoms with Crippen LogP contribution in [0.1, 0.15) is 49.8 Å². The first-order valence-electron chi connectivity index (χ1n) is 10.7. The average molecular weight is 492 g/mol. The summed E-state index contributed by atoms with van der Waals surface area (Å²) in [6.07, 6.45) is 0. The van der Waals surface area contributed by atoms with E-state index in [1.165, 1.54) is 18.2 Å². The number of thiophene rings is 1. The maximum Gasteiger partial charge on any atom is 0.348 e. The first kappa shape index (κ1) is 25.1. The van der Waals surface area contributed by atoms with Crippen LogP contribution in [0.4, 0.5) is 16.4 Å². The molecule has 0 bridgehead atoms. The summed E-state index contributed by atoms with van der Waals surface area (Å²) in [5, 5.41) is 14.1. The third kappa shape index (κ3) is 5.34. The summed E-state index contributed by atoms with van der Waals surface area (Å²) in [4.78, 5) is 51.2. The van der Waals surface area contributed by atoms with Crippen LogP contribution in [0.15, 0.2) is 18.2 Å². The van der Waals surface area contributed by atoms with Gasteiger partial charge in [0.15, 0.2) is 0 Å². The van der Waals surface area contributed by atoms with Gasteiger partial charge in [-0.1, -0.05) is 0 Å². The highest BCUT2D eigenvalue weighted by Gasteiger charge is 2.29. The molecule has 1 aliphatic heterocycles. The van der Waals surface area contributed by atoms with Crippen LogP contribution < -0.4 is 10.2 Å². The van der Waals surface area contributed by atoms with Crippen LogP contribution in [0.5, 0.6) is 0 Å². The second-order valence-electron chi connectivity index (χ2n) is 7.21. The number of nitrogens with one attached hydrogen (secondary N) is 1. The molecule has 1 aliphatic rings. The normalized spacial score (nSPS) is 13.3. The third-order valence-corrected chi connectivity index (χ3v) is 6.29. The van der Waals surface area contributed by atoms with Crippen molar-refractivity contribution in [1.82, 2.24) is 0 Å². The number of nitro groups is 1. The van der Waals surface area contributed by atoms with E-state index in [1.54, 1.807) is 20.8 Å². The fourth-order valence-corrected chi connectivity index (χ4v) is 4.60. The molecule has 182 valence electrons. The highest BCUT2D eigenvalue weighted by atomic mass is 32.1. The van der Waals surface area contributed by atoms with Crippen LogP contribution >= 0.6 is 11.3 Å². The lowest BCUT2D eigenvalue weighted by Crippen LogP contribution is -2.37. The summed E-state index contributed by atoms with van der Waals surface area (Å²) in [6, 6.07) is 4.05. The molecule has 0 unspecified atom stereocenters. The van der Waals surface area contributed by atoms with Gasteiger partial charge >= 0.3 is 11.9 Å². The highest BCUT2D eigenvalue weighted by Crippen LogP contribution is 2.36. The SMILES string of the molecule is CCOC(=O)c1sc(NC(=O)c2cc([N+](=O)[O-])ccc2N2CCOCC2)c(C(=O)OCC)c1C. The van der Waals surface area contributed by atoms with E-state index in [0.29, 0.717) is 37.6 Å². The van der Waals surface area contributed by atoms with Crippen molar-refractivity contribution in [2.75, 3.05) is 49.7 Å². The van der Waals surface area contributed by atoms with Crippen molar-refractivity contribution in [3.63, 3.8) is 0 Å². The first-order chi connectivity index (χ1) is 16.3. The molecule has 1 saturated heterocycles. The van der Waals surface area contributed by atoms with Gasteiger partial charge in [0.25, 0.3) is 11.6 Å². The molecule has 0 radical (unpaired) electrons. The molecular formula is C22H25N3O8S. The summed E-state index contributed by atoms with van der Waals surface area (Å²) >= 11 is 0.889. The number of carbonyl (C=O) groups is 3. The molecule has 12 heteroatoms. The first-order valence-corrected chi connectivity index (χ1v) is 11.5. The zero-order chi connectivity index (χ0) is 24.8. The molecular weight excluding hydrogens is 466 g/mol. The summed E-state index contributed by atoms with van der Waals surface area (Å²) in [5.74, 6) is -1.98. The van der Waals surface area contributed by atoms with E-state index >= 15 is 0 Å². The van der Waals surface area contributed by atoms with E-state index in [-0.39, 0.29) is 39.9 Å². The van der Waals surface area contributed by atoms with E-state index < -0.39 is 22.8 Å². The van der Waals surface area contributed by atoms with Crippen LogP contribution in [-0.4, -0.2) is 62.3 Å². The van der Waals surface area contributed by atoms with Gasteiger partial charge in [-0.3, -0.25) is 14.9 Å². The van der Waals surface area contributed by atoms with Crippen LogP contribution in [0.2, 0.25) is 0 Å². The van der Waals surface area contributed by atoms with Gasteiger partial charge < -0.3 is 24.4 Å². The fraction of sp³-hybridized carbons (Fsp3) is 0.409. The zero-order valence-corrected chi connectivity index (χ0v) is 19.9. The topological polar surface area (TPSA) is 137 Å². The number of nitro benzene ring substituents is 1. The highest BCUT2D eigenvalue weighted by molar-refractivity contribution is 7.18. The van der Waals surface area contributed by atoms with Crippen molar-refractivity contribution in [2.24, 2.45) is 0 Å². The molecule has 2 aromatic rings. The number of anilines is 2. The number of amides is 1. The van der Waals surface area contributed by atoms with E-state index in [4.69, 9.17) is 14.2 Å². The van der Waals surface area contributed by atoms with Gasteiger partial charge in [-0.2, -0.15) is 0 Å². The summed E-state index contributed by atoms with van der Waals surface area (Å²) in [5.41, 5.74) is 0.686. The number of hydrogen-bond acceptors (Lipinski definition) is 10. The molecule has 0 atom stereocenters. The molecule has 1 fully saturated rings. The van der Waals surface area contributed by atoms with Crippen LogP contribution in [-0.2, 0) is 14.2 Å². The van der Waals surface area contributed by atoms with Gasteiger partial charge in [0.2, 0.25) is 0 Å². The van der Waals surface area contributed by atoms with E-state index in [9.17, 15) is 24.5 Å². The lowest BCUT2D eigenvalue weighted by Gasteiger charge is -2.30. The Morgan fingerprint density at radius 1 is 1.15 bits per heavy atom. The predicted octanol–water partition coefficient (Wildman–Crippen LogP) is 3.41. The molecule has 2 heterocycles. The molecule has 0 spiro atoms. The van der Waals surface area contributed by atoms with E-state index in [0.717, 1.165) is 11.3 Å². The lowest BCUT2D eigenvalue weighted by atomic mass is 10.1. The Morgan fingerprint density at radius 3 is 2.41 bits per heavy atom. The summed E-state index contributed by atoms with van der Waals surface area (Å²) < 4.78 is 15.5. The number of non-ortho nitro benzene ring substituents is 1. The minimum absolute atomic E-state index is 0.0432. The number of carbonyl (C=O) groups excluding carboxylic acids is 3. The number of hydrogen-bond donors (Lipinski definition) is 1. The minimum Gasteiger partial charge on any atom is -0.462 e. The minimum atomic E-state index is -0.699. The zero-order valence-electron chi connectivity index (χ0n) is 19.0. The number of esters is 2. The number of rotatable bonds is 8. The molecule has 1 aromatic carbocycles. The van der Waals surface area contributed by atoms with Crippen molar-refractivity contribution in [1.29, 1.82) is 0 Å². The largest absolute Gasteiger partial charge is 0.462 e. The van der Waals surface area contributed by atoms with Gasteiger partial charge in [-0.05, 0) is 32.4 Å². The van der Waals surface area contributed by atoms with Crippen molar-refractivity contribution >= 4 is 45.6 Å². The van der Waals surface area contributed by atoms with Gasteiger partial charge in [0.05, 0.1) is 48.2 Å². The molecule has 34 heavy (non-hydrogen) atoms. The third-order valence-electron chi connectivity index (χ3n) is 5.10. The Hall–Kier alpha value is -3.51. The number of morpholine rings is 1. The fourth-order valence-electron chi connectivity index (χ4n) is 3.51. The summed E-state index contributed by atoms with van der Waals surface area (Å²) in [6.45, 7) is 7.04. The summed E-state index contributed by atoms with van der Waals surface area (Å²) in [7, 11) is 0. The van der Waals surface area contributed by atoms with Gasteiger partial charge in [0, 0.05) is 25.2 Å². The Morgan fingerprint density at radius 2 is 1.79 bits per heavy atom. The predicted molar refractivity (Wildman–Crippen MR) is 125 cm³/mol. The Balaban J connectivity index is 2.03. The molecule has 3 rings (SSSR count). The smallest absolute Gasteiger partial charge is 0.348 e. The Labute approximate surface area is 199 Å².